The molecule has 1 amide bonds. The second-order valence-electron chi connectivity index (χ2n) is 6.08. The fourth-order valence-electron chi connectivity index (χ4n) is 2.67. The number of hydrogen-bond donors (Lipinski definition) is 1. The van der Waals surface area contributed by atoms with Crippen LogP contribution in [0.4, 0.5) is 0 Å². The molecule has 0 spiro atoms. The van der Waals surface area contributed by atoms with Crippen LogP contribution in [0.1, 0.15) is 38.5 Å². The molecule has 0 fully saturated rings. The Morgan fingerprint density at radius 1 is 1.22 bits per heavy atom. The van der Waals surface area contributed by atoms with Crippen molar-refractivity contribution in [2.75, 3.05) is 0 Å². The van der Waals surface area contributed by atoms with Crippen LogP contribution in [-0.2, 0) is 12.3 Å². The van der Waals surface area contributed by atoms with Crippen LogP contribution in [0.5, 0.6) is 0 Å². The maximum absolute atomic E-state index is 12.7. The van der Waals surface area contributed by atoms with Gasteiger partial charge in [0.05, 0.1) is 22.9 Å². The summed E-state index contributed by atoms with van der Waals surface area (Å²) in [6, 6.07) is 16.9. The van der Waals surface area contributed by atoms with E-state index < -0.39 is 0 Å². The lowest BCUT2D eigenvalue weighted by atomic mass is 10.1. The number of aryl methyl sites for hydroxylation is 2. The molecule has 2 aromatic carbocycles. The molecule has 5 nitrogen and oxygen atoms in total. The largest absolute Gasteiger partial charge is 0.361 e. The molecule has 1 heterocycles. The number of carbonyl (C=O) groups is 1. The normalized spacial score (nSPS) is 10.4. The summed E-state index contributed by atoms with van der Waals surface area (Å²) in [5.41, 5.74) is 4.04. The summed E-state index contributed by atoms with van der Waals surface area (Å²) < 4.78 is 5.20. The fraction of sp³-hybridized carbons (Fsp3) is 0.190. The maximum atomic E-state index is 12.7. The third kappa shape index (κ3) is 4.57. The molecule has 0 bridgehead atoms. The lowest BCUT2D eigenvalue weighted by Gasteiger charge is -2.10. The van der Waals surface area contributed by atoms with Crippen molar-refractivity contribution in [3.05, 3.63) is 82.2 Å². The Balaban J connectivity index is 1.69. The van der Waals surface area contributed by atoms with Gasteiger partial charge in [-0.2, -0.15) is 5.26 Å². The van der Waals surface area contributed by atoms with Crippen LogP contribution in [0.3, 0.4) is 0 Å². The first-order valence-electron chi connectivity index (χ1n) is 8.49. The van der Waals surface area contributed by atoms with Crippen molar-refractivity contribution in [3.8, 4) is 6.07 Å². The Morgan fingerprint density at radius 3 is 2.78 bits per heavy atom. The summed E-state index contributed by atoms with van der Waals surface area (Å²) in [5.74, 6) is 1.36. The lowest BCUT2D eigenvalue weighted by Crippen LogP contribution is -2.23. The highest BCUT2D eigenvalue weighted by Gasteiger charge is 2.14. The molecule has 0 aliphatic carbocycles. The zero-order valence-electron chi connectivity index (χ0n) is 15.2. The standard InChI is InChI=1S/C21H19N3O2S/c1-14-19(15(2)26-24-14)13-27-20-9-4-3-8-18(20)21(25)23-12-17-7-5-6-16(10-17)11-22/h3-10H,12-13H2,1-2H3,(H,23,25). The minimum atomic E-state index is -0.140. The number of nitrogens with zero attached hydrogens (tertiary/aromatic N) is 2. The number of nitrogens with one attached hydrogen (secondary N) is 1. The van der Waals surface area contributed by atoms with Gasteiger partial charge < -0.3 is 9.84 Å². The van der Waals surface area contributed by atoms with Crippen molar-refractivity contribution in [2.24, 2.45) is 0 Å². The zero-order valence-corrected chi connectivity index (χ0v) is 16.0. The summed E-state index contributed by atoms with van der Waals surface area (Å²) in [4.78, 5) is 13.6. The third-order valence-electron chi connectivity index (χ3n) is 4.19. The third-order valence-corrected chi connectivity index (χ3v) is 5.29. The van der Waals surface area contributed by atoms with Gasteiger partial charge >= 0.3 is 0 Å². The predicted octanol–water partition coefficient (Wildman–Crippen LogP) is 4.39. The highest BCUT2D eigenvalue weighted by molar-refractivity contribution is 7.98. The van der Waals surface area contributed by atoms with E-state index in [0.717, 1.165) is 27.5 Å². The molecule has 0 aliphatic rings. The molecule has 1 N–H and O–H groups in total. The minimum Gasteiger partial charge on any atom is -0.361 e. The van der Waals surface area contributed by atoms with Crippen molar-refractivity contribution < 1.29 is 9.32 Å². The Kier molecular flexibility index (Phi) is 5.94. The van der Waals surface area contributed by atoms with Gasteiger partial charge in [0.25, 0.3) is 5.91 Å². The van der Waals surface area contributed by atoms with Crippen molar-refractivity contribution in [1.82, 2.24) is 10.5 Å². The van der Waals surface area contributed by atoms with E-state index in [1.54, 1.807) is 23.9 Å². The molecule has 3 rings (SSSR count). The molecule has 6 heteroatoms. The summed E-state index contributed by atoms with van der Waals surface area (Å²) in [7, 11) is 0. The molecular weight excluding hydrogens is 358 g/mol. The molecule has 1 aromatic heterocycles. The van der Waals surface area contributed by atoms with E-state index in [0.29, 0.717) is 23.4 Å². The number of amides is 1. The summed E-state index contributed by atoms with van der Waals surface area (Å²) in [6.07, 6.45) is 0. The highest BCUT2D eigenvalue weighted by Crippen LogP contribution is 2.28. The Labute approximate surface area is 162 Å². The molecule has 3 aromatic rings. The maximum Gasteiger partial charge on any atom is 0.252 e. The van der Waals surface area contributed by atoms with Crippen molar-refractivity contribution in [3.63, 3.8) is 0 Å². The minimum absolute atomic E-state index is 0.140. The number of rotatable bonds is 6. The number of carbonyl (C=O) groups excluding carboxylic acids is 1. The average molecular weight is 377 g/mol. The number of aromatic nitrogens is 1. The van der Waals surface area contributed by atoms with Gasteiger partial charge in [0, 0.05) is 22.8 Å². The Morgan fingerprint density at radius 2 is 2.04 bits per heavy atom. The topological polar surface area (TPSA) is 78.9 Å². The summed E-state index contributed by atoms with van der Waals surface area (Å²) >= 11 is 1.59. The monoisotopic (exact) mass is 377 g/mol. The van der Waals surface area contributed by atoms with E-state index in [2.05, 4.69) is 16.5 Å². The van der Waals surface area contributed by atoms with Crippen molar-refractivity contribution >= 4 is 17.7 Å². The smallest absolute Gasteiger partial charge is 0.252 e. The molecule has 0 saturated carbocycles. The van der Waals surface area contributed by atoms with Crippen LogP contribution in [0.15, 0.2) is 57.9 Å². The first-order valence-corrected chi connectivity index (χ1v) is 9.48. The molecule has 136 valence electrons. The van der Waals surface area contributed by atoms with Crippen LogP contribution < -0.4 is 5.32 Å². The molecule has 0 atom stereocenters. The van der Waals surface area contributed by atoms with E-state index in [9.17, 15) is 4.79 Å². The van der Waals surface area contributed by atoms with Gasteiger partial charge in [0.1, 0.15) is 5.76 Å². The summed E-state index contributed by atoms with van der Waals surface area (Å²) in [5, 5.41) is 15.9. The van der Waals surface area contributed by atoms with Gasteiger partial charge in [0.2, 0.25) is 0 Å². The SMILES string of the molecule is Cc1noc(C)c1CSc1ccccc1C(=O)NCc1cccc(C#N)c1. The number of nitriles is 1. The van der Waals surface area contributed by atoms with Crippen LogP contribution in [0, 0.1) is 25.2 Å². The number of benzene rings is 2. The van der Waals surface area contributed by atoms with Crippen LogP contribution in [0.2, 0.25) is 0 Å². The van der Waals surface area contributed by atoms with Gasteiger partial charge in [-0.05, 0) is 43.7 Å². The van der Waals surface area contributed by atoms with Gasteiger partial charge in [0.15, 0.2) is 0 Å². The van der Waals surface area contributed by atoms with Crippen LogP contribution in [0.25, 0.3) is 0 Å². The second-order valence-corrected chi connectivity index (χ2v) is 7.10. The van der Waals surface area contributed by atoms with Gasteiger partial charge in [-0.25, -0.2) is 0 Å². The van der Waals surface area contributed by atoms with E-state index in [-0.39, 0.29) is 5.91 Å². The quantitative estimate of drug-likeness (QED) is 0.645. The molecule has 27 heavy (non-hydrogen) atoms. The predicted molar refractivity (Wildman–Crippen MR) is 104 cm³/mol. The number of thioether (sulfide) groups is 1. The Bertz CT molecular complexity index is 985. The molecule has 0 aliphatic heterocycles. The first-order chi connectivity index (χ1) is 13.1. The highest BCUT2D eigenvalue weighted by atomic mass is 32.2. The second kappa shape index (κ2) is 8.56. The molecular formula is C21H19N3O2S. The lowest BCUT2D eigenvalue weighted by molar-refractivity contribution is 0.0948. The molecule has 0 radical (unpaired) electrons. The van der Waals surface area contributed by atoms with E-state index in [1.165, 1.54) is 0 Å². The van der Waals surface area contributed by atoms with Gasteiger partial charge in [-0.1, -0.05) is 29.4 Å². The summed E-state index contributed by atoms with van der Waals surface area (Å²) in [6.45, 7) is 4.18. The van der Waals surface area contributed by atoms with E-state index >= 15 is 0 Å². The van der Waals surface area contributed by atoms with Crippen molar-refractivity contribution in [1.29, 1.82) is 5.26 Å². The van der Waals surface area contributed by atoms with Crippen LogP contribution in [-0.4, -0.2) is 11.1 Å². The van der Waals surface area contributed by atoms with E-state index in [1.807, 2.05) is 50.2 Å². The van der Waals surface area contributed by atoms with Gasteiger partial charge in [-0.15, -0.1) is 11.8 Å². The zero-order chi connectivity index (χ0) is 19.2. The molecule has 0 unspecified atom stereocenters. The van der Waals surface area contributed by atoms with Gasteiger partial charge in [-0.3, -0.25) is 4.79 Å². The fourth-order valence-corrected chi connectivity index (χ4v) is 3.87. The average Bonchev–Trinajstić information content (AvgIpc) is 3.02. The van der Waals surface area contributed by atoms with E-state index in [4.69, 9.17) is 9.78 Å². The molecule has 0 saturated heterocycles. The Hall–Kier alpha value is -3.04. The van der Waals surface area contributed by atoms with Crippen molar-refractivity contribution in [2.45, 2.75) is 31.0 Å². The number of hydrogen-bond acceptors (Lipinski definition) is 5. The first kappa shape index (κ1) is 18.7. The van der Waals surface area contributed by atoms with Crippen LogP contribution >= 0.6 is 11.8 Å².